The number of carbonyl (C=O) groups excluding carboxylic acids is 1. The maximum absolute atomic E-state index is 11.5. The largest absolute Gasteiger partial charge is 0.370 e. The number of aryl methyl sites for hydroxylation is 1. The minimum absolute atomic E-state index is 0.0849. The lowest BCUT2D eigenvalue weighted by molar-refractivity contribution is -0.125. The number of amides is 1. The highest BCUT2D eigenvalue weighted by molar-refractivity contribution is 7.99. The molecule has 0 saturated heterocycles. The average molecular weight is 268 g/mol. The van der Waals surface area contributed by atoms with Gasteiger partial charge in [0.05, 0.1) is 5.75 Å². The van der Waals surface area contributed by atoms with Crippen LogP contribution in [0.15, 0.2) is 11.1 Å². The summed E-state index contributed by atoms with van der Waals surface area (Å²) in [5.41, 5.74) is 0. The van der Waals surface area contributed by atoms with E-state index < -0.39 is 0 Å². The Labute approximate surface area is 112 Å². The van der Waals surface area contributed by atoms with E-state index in [0.29, 0.717) is 5.75 Å². The zero-order valence-electron chi connectivity index (χ0n) is 11.4. The SMILES string of the molecule is CCNc1cc(SCC(=O)N(C)C)nc(CC)n1. The zero-order valence-corrected chi connectivity index (χ0v) is 12.2. The highest BCUT2D eigenvalue weighted by Crippen LogP contribution is 2.19. The summed E-state index contributed by atoms with van der Waals surface area (Å²) >= 11 is 1.44. The molecule has 0 aromatic carbocycles. The van der Waals surface area contributed by atoms with Crippen molar-refractivity contribution in [3.8, 4) is 0 Å². The minimum atomic E-state index is 0.0849. The van der Waals surface area contributed by atoms with Gasteiger partial charge in [-0.05, 0) is 6.92 Å². The number of nitrogens with one attached hydrogen (secondary N) is 1. The molecule has 1 rings (SSSR count). The van der Waals surface area contributed by atoms with E-state index in [1.807, 2.05) is 19.9 Å². The smallest absolute Gasteiger partial charge is 0.232 e. The molecule has 0 atom stereocenters. The summed E-state index contributed by atoms with van der Waals surface area (Å²) in [5.74, 6) is 2.11. The van der Waals surface area contributed by atoms with Crippen LogP contribution in [0.5, 0.6) is 0 Å². The van der Waals surface area contributed by atoms with Crippen LogP contribution in [-0.4, -0.2) is 47.2 Å². The van der Waals surface area contributed by atoms with Crippen molar-refractivity contribution < 1.29 is 4.79 Å². The van der Waals surface area contributed by atoms with Crippen molar-refractivity contribution in [2.24, 2.45) is 0 Å². The molecular weight excluding hydrogens is 248 g/mol. The van der Waals surface area contributed by atoms with Crippen LogP contribution in [0.25, 0.3) is 0 Å². The van der Waals surface area contributed by atoms with Gasteiger partial charge in [0.25, 0.3) is 0 Å². The van der Waals surface area contributed by atoms with E-state index in [9.17, 15) is 4.79 Å². The Balaban J connectivity index is 2.75. The lowest BCUT2D eigenvalue weighted by Gasteiger charge is -2.10. The molecule has 0 saturated carbocycles. The molecule has 1 N–H and O–H groups in total. The molecule has 0 spiro atoms. The fourth-order valence-electron chi connectivity index (χ4n) is 1.24. The first-order valence-electron chi connectivity index (χ1n) is 6.01. The predicted octanol–water partition coefficient (Wildman–Crippen LogP) is 1.65. The van der Waals surface area contributed by atoms with Gasteiger partial charge in [-0.2, -0.15) is 0 Å². The van der Waals surface area contributed by atoms with E-state index in [4.69, 9.17) is 0 Å². The molecule has 0 aliphatic heterocycles. The normalized spacial score (nSPS) is 10.2. The monoisotopic (exact) mass is 268 g/mol. The van der Waals surface area contributed by atoms with Crippen LogP contribution in [0.4, 0.5) is 5.82 Å². The summed E-state index contributed by atoms with van der Waals surface area (Å²) < 4.78 is 0. The number of nitrogens with zero attached hydrogens (tertiary/aromatic N) is 3. The molecule has 0 fully saturated rings. The van der Waals surface area contributed by atoms with Gasteiger partial charge in [0.2, 0.25) is 5.91 Å². The second-order valence-electron chi connectivity index (χ2n) is 3.97. The molecule has 18 heavy (non-hydrogen) atoms. The van der Waals surface area contributed by atoms with Gasteiger partial charge in [0.1, 0.15) is 16.7 Å². The molecule has 0 bridgehead atoms. The van der Waals surface area contributed by atoms with Crippen molar-refractivity contribution in [2.45, 2.75) is 25.3 Å². The van der Waals surface area contributed by atoms with E-state index in [1.54, 1.807) is 19.0 Å². The second-order valence-corrected chi connectivity index (χ2v) is 4.96. The van der Waals surface area contributed by atoms with Gasteiger partial charge in [-0.1, -0.05) is 18.7 Å². The van der Waals surface area contributed by atoms with Gasteiger partial charge >= 0.3 is 0 Å². The van der Waals surface area contributed by atoms with Crippen molar-refractivity contribution in [3.63, 3.8) is 0 Å². The molecule has 0 aliphatic rings. The molecule has 1 heterocycles. The van der Waals surface area contributed by atoms with Crippen LogP contribution in [0.2, 0.25) is 0 Å². The van der Waals surface area contributed by atoms with Crippen molar-refractivity contribution in [1.82, 2.24) is 14.9 Å². The number of carbonyl (C=O) groups is 1. The first kappa shape index (κ1) is 14.8. The number of rotatable bonds is 6. The van der Waals surface area contributed by atoms with Crippen molar-refractivity contribution in [2.75, 3.05) is 31.7 Å². The summed E-state index contributed by atoms with van der Waals surface area (Å²) in [7, 11) is 3.51. The van der Waals surface area contributed by atoms with E-state index >= 15 is 0 Å². The topological polar surface area (TPSA) is 58.1 Å². The van der Waals surface area contributed by atoms with Crippen molar-refractivity contribution >= 4 is 23.5 Å². The van der Waals surface area contributed by atoms with Crippen LogP contribution in [0.1, 0.15) is 19.7 Å². The summed E-state index contributed by atoms with van der Waals surface area (Å²) in [6.45, 7) is 4.86. The number of hydrogen-bond donors (Lipinski definition) is 1. The molecule has 1 amide bonds. The predicted molar refractivity (Wildman–Crippen MR) is 75.0 cm³/mol. The van der Waals surface area contributed by atoms with E-state index in [2.05, 4.69) is 15.3 Å². The quantitative estimate of drug-likeness (QED) is 0.628. The molecule has 6 heteroatoms. The Bertz CT molecular complexity index is 409. The summed E-state index contributed by atoms with van der Waals surface area (Å²) in [5, 5.41) is 4.01. The molecule has 5 nitrogen and oxygen atoms in total. The number of anilines is 1. The summed E-state index contributed by atoms with van der Waals surface area (Å²) in [6.07, 6.45) is 0.786. The van der Waals surface area contributed by atoms with Gasteiger partial charge in [-0.3, -0.25) is 4.79 Å². The maximum atomic E-state index is 11.5. The Morgan fingerprint density at radius 1 is 1.39 bits per heavy atom. The maximum Gasteiger partial charge on any atom is 0.232 e. The Morgan fingerprint density at radius 2 is 2.11 bits per heavy atom. The van der Waals surface area contributed by atoms with E-state index in [0.717, 1.165) is 29.6 Å². The van der Waals surface area contributed by atoms with Crippen LogP contribution in [0, 0.1) is 0 Å². The Morgan fingerprint density at radius 3 is 2.67 bits per heavy atom. The fourth-order valence-corrected chi connectivity index (χ4v) is 2.14. The Hall–Kier alpha value is -1.30. The molecule has 100 valence electrons. The first-order chi connectivity index (χ1) is 8.56. The molecule has 1 aromatic heterocycles. The zero-order chi connectivity index (χ0) is 13.5. The summed E-state index contributed by atoms with van der Waals surface area (Å²) in [4.78, 5) is 21.9. The van der Waals surface area contributed by atoms with Gasteiger partial charge in [0.15, 0.2) is 0 Å². The van der Waals surface area contributed by atoms with Gasteiger partial charge in [0, 0.05) is 33.1 Å². The van der Waals surface area contributed by atoms with Crippen LogP contribution >= 0.6 is 11.8 Å². The summed E-state index contributed by atoms with van der Waals surface area (Å²) in [6, 6.07) is 1.89. The van der Waals surface area contributed by atoms with Crippen molar-refractivity contribution in [3.05, 3.63) is 11.9 Å². The molecule has 1 aromatic rings. The third kappa shape index (κ3) is 4.52. The van der Waals surface area contributed by atoms with Crippen LogP contribution < -0.4 is 5.32 Å². The first-order valence-corrected chi connectivity index (χ1v) is 7.00. The van der Waals surface area contributed by atoms with E-state index in [-0.39, 0.29) is 5.91 Å². The molecule has 0 radical (unpaired) electrons. The van der Waals surface area contributed by atoms with Gasteiger partial charge < -0.3 is 10.2 Å². The lowest BCUT2D eigenvalue weighted by atomic mass is 10.4. The third-order valence-electron chi connectivity index (χ3n) is 2.27. The van der Waals surface area contributed by atoms with Gasteiger partial charge in [-0.25, -0.2) is 9.97 Å². The highest BCUT2D eigenvalue weighted by atomic mass is 32.2. The second kappa shape index (κ2) is 7.20. The molecule has 0 unspecified atom stereocenters. The van der Waals surface area contributed by atoms with Crippen LogP contribution in [0.3, 0.4) is 0 Å². The highest BCUT2D eigenvalue weighted by Gasteiger charge is 2.08. The minimum Gasteiger partial charge on any atom is -0.370 e. The molecule has 0 aliphatic carbocycles. The number of aromatic nitrogens is 2. The Kier molecular flexibility index (Phi) is 5.91. The molecular formula is C12H20N4OS. The lowest BCUT2D eigenvalue weighted by Crippen LogP contribution is -2.23. The average Bonchev–Trinajstić information content (AvgIpc) is 2.35. The van der Waals surface area contributed by atoms with E-state index in [1.165, 1.54) is 11.8 Å². The standard InChI is InChI=1S/C12H20N4OS/c1-5-9-14-10(13-6-2)7-11(15-9)18-8-12(17)16(3)4/h7H,5-6,8H2,1-4H3,(H,13,14,15). The van der Waals surface area contributed by atoms with Gasteiger partial charge in [-0.15, -0.1) is 0 Å². The van der Waals surface area contributed by atoms with Crippen LogP contribution in [-0.2, 0) is 11.2 Å². The third-order valence-corrected chi connectivity index (χ3v) is 3.16. The van der Waals surface area contributed by atoms with Crippen molar-refractivity contribution in [1.29, 1.82) is 0 Å². The fraction of sp³-hybridized carbons (Fsp3) is 0.583. The number of thioether (sulfide) groups is 1. The number of hydrogen-bond acceptors (Lipinski definition) is 5.